The quantitative estimate of drug-likeness (QED) is 0.141. The molecule has 10 nitrogen and oxygen atoms in total. The number of carbonyl (C=O) groups is 4. The molecule has 0 bridgehead atoms. The third kappa shape index (κ3) is 4.84. The molecule has 270 valence electrons. The molecule has 6 unspecified atom stereocenters. The molecule has 4 amide bonds. The van der Waals surface area contributed by atoms with E-state index in [1.165, 1.54) is 34.3 Å². The van der Waals surface area contributed by atoms with E-state index in [1.807, 2.05) is 48.7 Å². The molecule has 9 rings (SSSR count). The number of methoxy groups -OCH3 is 1. The number of hydrogen-bond acceptors (Lipinski definition) is 9. The van der Waals surface area contributed by atoms with Crippen LogP contribution in [0.25, 0.3) is 20.7 Å². The number of halogens is 1. The number of aromatic nitrogens is 2. The molecular formula is C40H35ClN4O6S2. The number of ether oxygens (including phenoxy) is 1. The summed E-state index contributed by atoms with van der Waals surface area (Å²) in [5.41, 5.74) is 1.57. The van der Waals surface area contributed by atoms with Gasteiger partial charge in [0.15, 0.2) is 0 Å². The van der Waals surface area contributed by atoms with Crippen LogP contribution in [-0.4, -0.2) is 50.5 Å². The van der Waals surface area contributed by atoms with Crippen molar-refractivity contribution in [3.8, 4) is 22.1 Å². The fourth-order valence-corrected chi connectivity index (χ4v) is 11.5. The molecule has 3 fully saturated rings. The van der Waals surface area contributed by atoms with Gasteiger partial charge >= 0.3 is 0 Å². The van der Waals surface area contributed by atoms with Crippen molar-refractivity contribution in [2.75, 3.05) is 12.0 Å². The zero-order chi connectivity index (χ0) is 37.1. The van der Waals surface area contributed by atoms with E-state index in [0.717, 1.165) is 31.0 Å². The highest BCUT2D eigenvalue weighted by molar-refractivity contribution is 7.22. The van der Waals surface area contributed by atoms with E-state index in [4.69, 9.17) is 21.4 Å². The molecule has 13 heteroatoms. The van der Waals surface area contributed by atoms with Crippen LogP contribution in [-0.2, 0) is 32.8 Å². The van der Waals surface area contributed by atoms with Crippen molar-refractivity contribution in [3.05, 3.63) is 92.7 Å². The van der Waals surface area contributed by atoms with Gasteiger partial charge in [0.25, 0.3) is 0 Å². The van der Waals surface area contributed by atoms with Crippen LogP contribution >= 0.6 is 34.3 Å². The van der Waals surface area contributed by atoms with Crippen LogP contribution in [0.4, 0.5) is 5.82 Å². The number of hydrogen-bond donors (Lipinski definition) is 1. The van der Waals surface area contributed by atoms with Crippen LogP contribution in [0.15, 0.2) is 71.6 Å². The number of fused-ring (bicyclic) bond motifs is 5. The minimum Gasteiger partial charge on any atom is -0.508 e. The van der Waals surface area contributed by atoms with Crippen LogP contribution in [0, 0.1) is 36.0 Å². The van der Waals surface area contributed by atoms with Crippen molar-refractivity contribution in [1.29, 1.82) is 0 Å². The normalized spacial score (nSPS) is 26.7. The van der Waals surface area contributed by atoms with Crippen molar-refractivity contribution in [2.24, 2.45) is 36.1 Å². The Balaban J connectivity index is 1.15. The summed E-state index contributed by atoms with van der Waals surface area (Å²) in [6.45, 7) is 4.01. The number of allylic oxidation sites excluding steroid dienone is 2. The first-order valence-electron chi connectivity index (χ1n) is 17.5. The summed E-state index contributed by atoms with van der Waals surface area (Å²) in [4.78, 5) is 62.4. The fraction of sp³-hybridized carbons (Fsp3) is 0.325. The number of nitrogens with zero attached hydrogens (tertiary/aromatic N) is 4. The highest BCUT2D eigenvalue weighted by atomic mass is 35.5. The number of phenols is 1. The highest BCUT2D eigenvalue weighted by Gasteiger charge is 2.68. The third-order valence-corrected chi connectivity index (χ3v) is 14.4. The van der Waals surface area contributed by atoms with E-state index < -0.39 is 46.8 Å². The van der Waals surface area contributed by atoms with Gasteiger partial charge in [-0.15, -0.1) is 22.7 Å². The molecule has 0 spiro atoms. The number of benzene rings is 2. The summed E-state index contributed by atoms with van der Waals surface area (Å²) in [7, 11) is 3.22. The molecule has 2 aliphatic heterocycles. The minimum absolute atomic E-state index is 0.0759. The molecule has 4 aliphatic rings. The van der Waals surface area contributed by atoms with Gasteiger partial charge in [-0.05, 0) is 79.3 Å². The lowest BCUT2D eigenvalue weighted by molar-refractivity contribution is -0.141. The Bertz CT molecular complexity index is 2430. The molecule has 2 aromatic carbocycles. The van der Waals surface area contributed by atoms with Crippen molar-refractivity contribution >= 4 is 73.8 Å². The molecule has 1 N–H and O–H groups in total. The second-order valence-corrected chi connectivity index (χ2v) is 17.2. The smallest absolute Gasteiger partial charge is 0.242 e. The number of thiophene rings is 2. The second-order valence-electron chi connectivity index (χ2n) is 14.6. The second kappa shape index (κ2) is 12.1. The molecule has 2 saturated heterocycles. The van der Waals surface area contributed by atoms with Gasteiger partial charge in [-0.2, -0.15) is 5.10 Å². The number of carbonyl (C=O) groups excluding carboxylic acids is 4. The first-order chi connectivity index (χ1) is 25.4. The predicted octanol–water partition coefficient (Wildman–Crippen LogP) is 7.47. The molecule has 5 aromatic rings. The summed E-state index contributed by atoms with van der Waals surface area (Å²) in [6.07, 6.45) is 2.53. The van der Waals surface area contributed by atoms with Crippen LogP contribution in [0.2, 0.25) is 5.02 Å². The van der Waals surface area contributed by atoms with Crippen molar-refractivity contribution < 1.29 is 29.0 Å². The minimum atomic E-state index is -1.32. The Labute approximate surface area is 318 Å². The predicted molar refractivity (Wildman–Crippen MR) is 203 cm³/mol. The van der Waals surface area contributed by atoms with E-state index in [9.17, 15) is 19.5 Å². The lowest BCUT2D eigenvalue weighted by atomic mass is 9.51. The van der Waals surface area contributed by atoms with Gasteiger partial charge in [-0.1, -0.05) is 35.4 Å². The van der Waals surface area contributed by atoms with Crippen LogP contribution < -0.4 is 9.64 Å². The van der Waals surface area contributed by atoms with Gasteiger partial charge in [0.1, 0.15) is 23.0 Å². The van der Waals surface area contributed by atoms with Gasteiger partial charge < -0.3 is 9.84 Å². The van der Waals surface area contributed by atoms with Gasteiger partial charge in [0.05, 0.1) is 41.7 Å². The Morgan fingerprint density at radius 1 is 1.04 bits per heavy atom. The standard InChI is InChI=1S/C40H35ClN4O6S2/c1-19-26-14-20(41)7-12-31(26)53-35(19)29-17-32(43(3)42-29)45-37(48)28-16-27-23(34(40(28,2)39(45)50)24-9-8-21(51-4)15-30(24)46)10-11-25-33(27)38(49)44(36(25)47)18-22-6-5-13-52-22/h5-10,12-15,17,25,27-28,33-34,46H,11,16,18H2,1-4H3. The molecule has 5 heterocycles. The lowest BCUT2D eigenvalue weighted by Gasteiger charge is -2.49. The number of imide groups is 2. The number of likely N-dealkylation sites (tertiary alicyclic amines) is 1. The molecule has 3 aromatic heterocycles. The van der Waals surface area contributed by atoms with E-state index >= 15 is 4.79 Å². The van der Waals surface area contributed by atoms with Crippen LogP contribution in [0.1, 0.15) is 41.7 Å². The maximum Gasteiger partial charge on any atom is 0.242 e. The Morgan fingerprint density at radius 3 is 2.58 bits per heavy atom. The summed E-state index contributed by atoms with van der Waals surface area (Å²) in [6, 6.07) is 16.3. The monoisotopic (exact) mass is 766 g/mol. The van der Waals surface area contributed by atoms with Crippen molar-refractivity contribution in [3.63, 3.8) is 0 Å². The Kier molecular flexibility index (Phi) is 7.78. The SMILES string of the molecule is COc1ccc(C2C3=CCC4C(=O)N(Cc5cccs5)C(=O)C4C3CC3C(=O)N(c4cc(-c5sc6ccc(Cl)cc6c5C)nn4C)C(=O)C32C)c(O)c1. The van der Waals surface area contributed by atoms with Crippen LogP contribution in [0.3, 0.4) is 0 Å². The average molecular weight is 767 g/mol. The lowest BCUT2D eigenvalue weighted by Crippen LogP contribution is -2.48. The molecule has 2 aliphatic carbocycles. The number of rotatable bonds is 6. The van der Waals surface area contributed by atoms with Gasteiger partial charge in [-0.25, -0.2) is 4.90 Å². The van der Waals surface area contributed by atoms with E-state index in [2.05, 4.69) is 0 Å². The van der Waals surface area contributed by atoms with Crippen LogP contribution in [0.5, 0.6) is 11.5 Å². The molecule has 0 radical (unpaired) electrons. The van der Waals surface area contributed by atoms with E-state index in [0.29, 0.717) is 34.3 Å². The molecule has 6 atom stereocenters. The fourth-order valence-electron chi connectivity index (χ4n) is 9.47. The molecule has 1 saturated carbocycles. The molecule has 53 heavy (non-hydrogen) atoms. The van der Waals surface area contributed by atoms with Gasteiger partial charge in [-0.3, -0.25) is 28.8 Å². The first kappa shape index (κ1) is 34.0. The molecular weight excluding hydrogens is 732 g/mol. The maximum atomic E-state index is 15.1. The maximum absolute atomic E-state index is 15.1. The zero-order valence-corrected chi connectivity index (χ0v) is 31.7. The largest absolute Gasteiger partial charge is 0.508 e. The highest BCUT2D eigenvalue weighted by Crippen LogP contribution is 2.64. The Morgan fingerprint density at radius 2 is 1.85 bits per heavy atom. The summed E-state index contributed by atoms with van der Waals surface area (Å²) in [5.74, 6) is -3.89. The van der Waals surface area contributed by atoms with Gasteiger partial charge in [0.2, 0.25) is 23.6 Å². The summed E-state index contributed by atoms with van der Waals surface area (Å²) in [5, 5.41) is 19.9. The average Bonchev–Trinajstić information content (AvgIpc) is 3.95. The zero-order valence-electron chi connectivity index (χ0n) is 29.3. The third-order valence-electron chi connectivity index (χ3n) is 12.0. The number of aromatic hydroxyl groups is 1. The summed E-state index contributed by atoms with van der Waals surface area (Å²) >= 11 is 9.37. The van der Waals surface area contributed by atoms with E-state index in [-0.39, 0.29) is 30.5 Å². The van der Waals surface area contributed by atoms with Gasteiger partial charge in [0, 0.05) is 45.3 Å². The van der Waals surface area contributed by atoms with Crippen molar-refractivity contribution in [1.82, 2.24) is 14.7 Å². The number of phenolic OH excluding ortho intramolecular Hbond substituents is 1. The topological polar surface area (TPSA) is 122 Å². The Hall–Kier alpha value is -4.78. The number of anilines is 1. The first-order valence-corrected chi connectivity index (χ1v) is 19.6. The summed E-state index contributed by atoms with van der Waals surface area (Å²) < 4.78 is 7.99. The number of aryl methyl sites for hydroxylation is 2. The number of amides is 4. The van der Waals surface area contributed by atoms with E-state index in [1.54, 1.807) is 48.2 Å². The van der Waals surface area contributed by atoms with Crippen molar-refractivity contribution in [2.45, 2.75) is 39.2 Å².